The molecular weight excluding hydrogens is 281 g/mol. The molecule has 19 heavy (non-hydrogen) atoms. The number of carbonyl (C=O) groups is 1. The van der Waals surface area contributed by atoms with Crippen LogP contribution >= 0.6 is 12.4 Å². The van der Waals surface area contributed by atoms with Crippen molar-refractivity contribution in [2.24, 2.45) is 5.73 Å². The first-order valence-electron chi connectivity index (χ1n) is 5.56. The third kappa shape index (κ3) is 6.45. The van der Waals surface area contributed by atoms with Gasteiger partial charge in [-0.05, 0) is 30.7 Å². The molecule has 7 heteroatoms. The molecule has 1 amide bonds. The fourth-order valence-corrected chi connectivity index (χ4v) is 1.36. The molecule has 0 atom stereocenters. The first-order valence-corrected chi connectivity index (χ1v) is 5.56. The Morgan fingerprint density at radius 2 is 1.79 bits per heavy atom. The zero-order valence-electron chi connectivity index (χ0n) is 10.2. The lowest BCUT2D eigenvalue weighted by Gasteiger charge is -2.08. The predicted molar refractivity (Wildman–Crippen MR) is 68.8 cm³/mol. The van der Waals surface area contributed by atoms with Crippen LogP contribution < -0.4 is 11.1 Å². The van der Waals surface area contributed by atoms with E-state index < -0.39 is 11.7 Å². The molecule has 3 nitrogen and oxygen atoms in total. The zero-order chi connectivity index (χ0) is 13.6. The summed E-state index contributed by atoms with van der Waals surface area (Å²) in [4.78, 5) is 11.3. The molecule has 0 unspecified atom stereocenters. The molecular formula is C12H16ClF3N2O. The van der Waals surface area contributed by atoms with Gasteiger partial charge >= 0.3 is 6.18 Å². The maximum atomic E-state index is 12.3. The number of nitrogens with one attached hydrogen (secondary N) is 1. The number of alkyl halides is 3. The van der Waals surface area contributed by atoms with Gasteiger partial charge in [-0.1, -0.05) is 12.1 Å². The molecule has 0 spiro atoms. The van der Waals surface area contributed by atoms with Crippen molar-refractivity contribution < 1.29 is 18.0 Å². The average molecular weight is 297 g/mol. The normalized spacial score (nSPS) is 10.7. The second-order valence-electron chi connectivity index (χ2n) is 3.86. The van der Waals surface area contributed by atoms with Crippen LogP contribution in [0.5, 0.6) is 0 Å². The molecule has 0 saturated heterocycles. The Morgan fingerprint density at radius 1 is 1.21 bits per heavy atom. The Kier molecular flexibility index (Phi) is 7.48. The van der Waals surface area contributed by atoms with Crippen LogP contribution in [0.4, 0.5) is 13.2 Å². The van der Waals surface area contributed by atoms with Crippen LogP contribution in [0.1, 0.15) is 24.0 Å². The van der Waals surface area contributed by atoms with Crippen LogP contribution in [0.3, 0.4) is 0 Å². The number of carbonyl (C=O) groups excluding carboxylic acids is 1. The second kappa shape index (κ2) is 8.01. The molecule has 0 saturated carbocycles. The maximum absolute atomic E-state index is 12.3. The molecule has 0 aliphatic heterocycles. The Hall–Kier alpha value is -1.27. The van der Waals surface area contributed by atoms with Crippen LogP contribution in [-0.4, -0.2) is 12.5 Å². The Bertz CT molecular complexity index is 393. The van der Waals surface area contributed by atoms with Gasteiger partial charge in [0.05, 0.1) is 5.56 Å². The molecule has 0 bridgehead atoms. The monoisotopic (exact) mass is 296 g/mol. The molecule has 1 aromatic carbocycles. The van der Waals surface area contributed by atoms with Gasteiger partial charge in [-0.25, -0.2) is 0 Å². The summed E-state index contributed by atoms with van der Waals surface area (Å²) in [5.74, 6) is -0.152. The van der Waals surface area contributed by atoms with Gasteiger partial charge in [0.2, 0.25) is 5.91 Å². The molecule has 0 radical (unpaired) electrons. The molecule has 0 aromatic heterocycles. The zero-order valence-corrected chi connectivity index (χ0v) is 11.0. The van der Waals surface area contributed by atoms with Crippen LogP contribution in [0.2, 0.25) is 0 Å². The summed E-state index contributed by atoms with van der Waals surface area (Å²) < 4.78 is 36.9. The minimum atomic E-state index is -4.33. The standard InChI is InChI=1S/C12H15F3N2O.ClH/c13-12(14,15)10-5-3-9(4-6-10)8-17-11(18)2-1-7-16;/h3-6H,1-2,7-8,16H2,(H,17,18);1H. The number of nitrogens with two attached hydrogens (primary N) is 1. The summed E-state index contributed by atoms with van der Waals surface area (Å²) in [5, 5.41) is 2.62. The van der Waals surface area contributed by atoms with E-state index in [2.05, 4.69) is 5.32 Å². The lowest BCUT2D eigenvalue weighted by atomic mass is 10.1. The third-order valence-corrected chi connectivity index (χ3v) is 2.38. The highest BCUT2D eigenvalue weighted by molar-refractivity contribution is 5.85. The van der Waals surface area contributed by atoms with E-state index in [1.165, 1.54) is 12.1 Å². The predicted octanol–water partition coefficient (Wildman–Crippen LogP) is 2.48. The number of halogens is 4. The van der Waals surface area contributed by atoms with Crippen LogP contribution in [0.25, 0.3) is 0 Å². The number of hydrogen-bond donors (Lipinski definition) is 2. The van der Waals surface area contributed by atoms with E-state index in [0.717, 1.165) is 12.1 Å². The van der Waals surface area contributed by atoms with E-state index in [1.54, 1.807) is 0 Å². The largest absolute Gasteiger partial charge is 0.416 e. The van der Waals surface area contributed by atoms with E-state index in [-0.39, 0.29) is 24.9 Å². The van der Waals surface area contributed by atoms with Gasteiger partial charge in [0.25, 0.3) is 0 Å². The Morgan fingerprint density at radius 3 is 2.26 bits per heavy atom. The SMILES string of the molecule is Cl.NCCCC(=O)NCc1ccc(C(F)(F)F)cc1. The summed E-state index contributed by atoms with van der Waals surface area (Å²) in [6.45, 7) is 0.662. The number of rotatable bonds is 5. The Balaban J connectivity index is 0.00000324. The van der Waals surface area contributed by atoms with Gasteiger partial charge in [0, 0.05) is 13.0 Å². The van der Waals surface area contributed by atoms with Crippen molar-refractivity contribution in [1.82, 2.24) is 5.32 Å². The molecule has 0 heterocycles. The Labute approximate surface area is 115 Å². The highest BCUT2D eigenvalue weighted by Crippen LogP contribution is 2.28. The molecule has 0 fully saturated rings. The highest BCUT2D eigenvalue weighted by atomic mass is 35.5. The van der Waals surface area contributed by atoms with Crippen molar-refractivity contribution in [2.45, 2.75) is 25.6 Å². The van der Waals surface area contributed by atoms with Crippen LogP contribution in [0.15, 0.2) is 24.3 Å². The highest BCUT2D eigenvalue weighted by Gasteiger charge is 2.29. The summed E-state index contributed by atoms with van der Waals surface area (Å²) in [7, 11) is 0. The van der Waals surface area contributed by atoms with E-state index in [0.29, 0.717) is 24.9 Å². The number of amides is 1. The molecule has 1 aromatic rings. The van der Waals surface area contributed by atoms with Gasteiger partial charge in [-0.3, -0.25) is 4.79 Å². The van der Waals surface area contributed by atoms with E-state index in [4.69, 9.17) is 5.73 Å². The van der Waals surface area contributed by atoms with Crippen molar-refractivity contribution in [1.29, 1.82) is 0 Å². The summed E-state index contributed by atoms with van der Waals surface area (Å²) in [6, 6.07) is 4.71. The number of benzene rings is 1. The minimum Gasteiger partial charge on any atom is -0.352 e. The van der Waals surface area contributed by atoms with Crippen molar-refractivity contribution in [3.8, 4) is 0 Å². The van der Waals surface area contributed by atoms with Crippen molar-refractivity contribution in [2.75, 3.05) is 6.54 Å². The van der Waals surface area contributed by atoms with E-state index >= 15 is 0 Å². The lowest BCUT2D eigenvalue weighted by Crippen LogP contribution is -2.23. The quantitative estimate of drug-likeness (QED) is 0.877. The maximum Gasteiger partial charge on any atom is 0.416 e. The van der Waals surface area contributed by atoms with Crippen LogP contribution in [0, 0.1) is 0 Å². The van der Waals surface area contributed by atoms with E-state index in [1.807, 2.05) is 0 Å². The molecule has 0 aliphatic carbocycles. The van der Waals surface area contributed by atoms with Gasteiger partial charge in [0.15, 0.2) is 0 Å². The minimum absolute atomic E-state index is 0. The third-order valence-electron chi connectivity index (χ3n) is 2.38. The first-order chi connectivity index (χ1) is 8.43. The second-order valence-corrected chi connectivity index (χ2v) is 3.86. The topological polar surface area (TPSA) is 55.1 Å². The van der Waals surface area contributed by atoms with Gasteiger partial charge in [-0.15, -0.1) is 12.4 Å². The fraction of sp³-hybridized carbons (Fsp3) is 0.417. The van der Waals surface area contributed by atoms with Gasteiger partial charge in [0.1, 0.15) is 0 Å². The van der Waals surface area contributed by atoms with Gasteiger partial charge in [-0.2, -0.15) is 13.2 Å². The summed E-state index contributed by atoms with van der Waals surface area (Å²) in [5.41, 5.74) is 5.19. The number of hydrogen-bond acceptors (Lipinski definition) is 2. The lowest BCUT2D eigenvalue weighted by molar-refractivity contribution is -0.137. The molecule has 0 aliphatic rings. The average Bonchev–Trinajstić information content (AvgIpc) is 2.33. The summed E-state index contributed by atoms with van der Waals surface area (Å²) in [6.07, 6.45) is -3.40. The van der Waals surface area contributed by atoms with Crippen molar-refractivity contribution >= 4 is 18.3 Å². The van der Waals surface area contributed by atoms with Crippen molar-refractivity contribution in [3.05, 3.63) is 35.4 Å². The molecule has 3 N–H and O–H groups in total. The first kappa shape index (κ1) is 17.7. The van der Waals surface area contributed by atoms with Crippen LogP contribution in [-0.2, 0) is 17.5 Å². The van der Waals surface area contributed by atoms with Gasteiger partial charge < -0.3 is 11.1 Å². The summed E-state index contributed by atoms with van der Waals surface area (Å²) >= 11 is 0. The molecule has 1 rings (SSSR count). The smallest absolute Gasteiger partial charge is 0.352 e. The van der Waals surface area contributed by atoms with Crippen molar-refractivity contribution in [3.63, 3.8) is 0 Å². The molecule has 108 valence electrons. The van der Waals surface area contributed by atoms with E-state index in [9.17, 15) is 18.0 Å². The fourth-order valence-electron chi connectivity index (χ4n) is 1.36.